The third kappa shape index (κ3) is 1.95. The normalized spacial score (nSPS) is 14.1. The largest absolute Gasteiger partial charge is 0.268 e. The number of benzene rings is 2. The summed E-state index contributed by atoms with van der Waals surface area (Å²) in [4.78, 5) is 0. The first-order chi connectivity index (χ1) is 9.16. The molecule has 0 bridgehead atoms. The van der Waals surface area contributed by atoms with Crippen molar-refractivity contribution in [2.24, 2.45) is 5.10 Å². The van der Waals surface area contributed by atoms with Gasteiger partial charge in [-0.05, 0) is 6.92 Å². The van der Waals surface area contributed by atoms with Crippen molar-refractivity contribution in [1.29, 1.82) is 0 Å². The van der Waals surface area contributed by atoms with Gasteiger partial charge in [0.05, 0.1) is 11.4 Å². The zero-order chi connectivity index (χ0) is 13.4. The Hall–Kier alpha value is -2.35. The van der Waals surface area contributed by atoms with Gasteiger partial charge < -0.3 is 0 Å². The monoisotopic (exact) mass is 248 g/mol. The van der Waals surface area contributed by atoms with Crippen LogP contribution in [0.4, 0.5) is 0 Å². The number of rotatable bonds is 1. The first kappa shape index (κ1) is 11.7. The summed E-state index contributed by atoms with van der Waals surface area (Å²) in [6.45, 7) is 6.19. The fourth-order valence-electron chi connectivity index (χ4n) is 2.30. The van der Waals surface area contributed by atoms with Crippen LogP contribution in [0.1, 0.15) is 22.3 Å². The van der Waals surface area contributed by atoms with Crippen molar-refractivity contribution < 1.29 is 0 Å². The zero-order valence-electron chi connectivity index (χ0n) is 11.2. The summed E-state index contributed by atoms with van der Waals surface area (Å²) in [5.41, 5.74) is 6.63. The minimum atomic E-state index is 0.937. The molecule has 0 aromatic heterocycles. The second kappa shape index (κ2) is 4.39. The van der Waals surface area contributed by atoms with Crippen LogP contribution >= 0.6 is 0 Å². The van der Waals surface area contributed by atoms with Crippen LogP contribution in [0.5, 0.6) is 0 Å². The molecule has 2 aromatic rings. The van der Waals surface area contributed by atoms with Crippen LogP contribution in [-0.4, -0.2) is 17.8 Å². The Morgan fingerprint density at radius 3 is 2.26 bits per heavy atom. The molecule has 0 saturated carbocycles. The van der Waals surface area contributed by atoms with Crippen LogP contribution in [0.25, 0.3) is 5.70 Å². The summed E-state index contributed by atoms with van der Waals surface area (Å²) in [5, 5.41) is 6.50. The Balaban J connectivity index is 2.18. The highest BCUT2D eigenvalue weighted by atomic mass is 15.4. The Labute approximate surface area is 113 Å². The van der Waals surface area contributed by atoms with E-state index in [1.807, 2.05) is 24.2 Å². The molecule has 0 unspecified atom stereocenters. The highest BCUT2D eigenvalue weighted by Gasteiger charge is 2.20. The molecular weight excluding hydrogens is 232 g/mol. The summed E-state index contributed by atoms with van der Waals surface area (Å²) in [6.07, 6.45) is 0. The summed E-state index contributed by atoms with van der Waals surface area (Å²) >= 11 is 0. The zero-order valence-corrected chi connectivity index (χ0v) is 11.2. The summed E-state index contributed by atoms with van der Waals surface area (Å²) in [5.74, 6) is 0. The Bertz CT molecular complexity index is 666. The molecule has 1 aliphatic rings. The number of aryl methyl sites for hydroxylation is 1. The second-order valence-corrected chi connectivity index (χ2v) is 4.83. The van der Waals surface area contributed by atoms with Crippen LogP contribution < -0.4 is 0 Å². The molecule has 2 heteroatoms. The van der Waals surface area contributed by atoms with E-state index in [0.717, 1.165) is 28.1 Å². The fourth-order valence-corrected chi connectivity index (χ4v) is 2.30. The Morgan fingerprint density at radius 1 is 0.947 bits per heavy atom. The smallest absolute Gasteiger partial charge is 0.0987 e. The molecular formula is C17H16N2. The van der Waals surface area contributed by atoms with Crippen LogP contribution in [-0.2, 0) is 0 Å². The molecule has 0 fully saturated rings. The van der Waals surface area contributed by atoms with Gasteiger partial charge in [0.2, 0.25) is 0 Å². The molecule has 0 amide bonds. The number of fused-ring (bicyclic) bond motifs is 1. The summed E-state index contributed by atoms with van der Waals surface area (Å²) in [6, 6.07) is 16.7. The van der Waals surface area contributed by atoms with E-state index >= 15 is 0 Å². The molecule has 0 atom stereocenters. The van der Waals surface area contributed by atoms with Crippen molar-refractivity contribution in [2.75, 3.05) is 7.05 Å². The lowest BCUT2D eigenvalue weighted by Crippen LogP contribution is -2.21. The van der Waals surface area contributed by atoms with E-state index in [-0.39, 0.29) is 0 Å². The van der Waals surface area contributed by atoms with Gasteiger partial charge in [-0.2, -0.15) is 5.10 Å². The second-order valence-electron chi connectivity index (χ2n) is 4.83. The quantitative estimate of drug-likeness (QED) is 0.752. The van der Waals surface area contributed by atoms with Gasteiger partial charge in [0.25, 0.3) is 0 Å². The molecule has 0 spiro atoms. The highest BCUT2D eigenvalue weighted by molar-refractivity contribution is 6.16. The van der Waals surface area contributed by atoms with Crippen molar-refractivity contribution in [3.63, 3.8) is 0 Å². The number of hydrogen-bond donors (Lipinski definition) is 0. The number of nitrogens with zero attached hydrogens (tertiary/aromatic N) is 2. The van der Waals surface area contributed by atoms with Gasteiger partial charge in [0.15, 0.2) is 0 Å². The van der Waals surface area contributed by atoms with Crippen molar-refractivity contribution in [2.45, 2.75) is 6.92 Å². The maximum absolute atomic E-state index is 4.65. The molecule has 0 saturated heterocycles. The van der Waals surface area contributed by atoms with E-state index in [9.17, 15) is 0 Å². The van der Waals surface area contributed by atoms with E-state index in [0.29, 0.717) is 0 Å². The lowest BCUT2D eigenvalue weighted by Gasteiger charge is -2.26. The van der Waals surface area contributed by atoms with E-state index in [2.05, 4.69) is 55.0 Å². The third-order valence-electron chi connectivity index (χ3n) is 3.46. The molecule has 0 radical (unpaired) electrons. The van der Waals surface area contributed by atoms with Gasteiger partial charge in [-0.1, -0.05) is 60.7 Å². The van der Waals surface area contributed by atoms with Crippen LogP contribution in [0.2, 0.25) is 0 Å². The molecule has 94 valence electrons. The maximum Gasteiger partial charge on any atom is 0.0987 e. The van der Waals surface area contributed by atoms with Crippen LogP contribution in [0.15, 0.2) is 60.2 Å². The van der Waals surface area contributed by atoms with Gasteiger partial charge in [0.1, 0.15) is 0 Å². The van der Waals surface area contributed by atoms with E-state index in [1.54, 1.807) is 0 Å². The van der Waals surface area contributed by atoms with E-state index in [4.69, 9.17) is 0 Å². The fraction of sp³-hybridized carbons (Fsp3) is 0.118. The van der Waals surface area contributed by atoms with Crippen molar-refractivity contribution in [3.05, 3.63) is 77.4 Å². The van der Waals surface area contributed by atoms with E-state index < -0.39 is 0 Å². The van der Waals surface area contributed by atoms with Gasteiger partial charge in [-0.15, -0.1) is 0 Å². The van der Waals surface area contributed by atoms with Crippen LogP contribution in [0, 0.1) is 6.92 Å². The average molecular weight is 248 g/mol. The topological polar surface area (TPSA) is 15.6 Å². The summed E-state index contributed by atoms with van der Waals surface area (Å²) in [7, 11) is 1.94. The Morgan fingerprint density at radius 2 is 1.58 bits per heavy atom. The predicted molar refractivity (Wildman–Crippen MR) is 80.1 cm³/mol. The van der Waals surface area contributed by atoms with Crippen molar-refractivity contribution in [1.82, 2.24) is 5.01 Å². The number of hydrazone groups is 1. The van der Waals surface area contributed by atoms with Gasteiger partial charge in [-0.3, -0.25) is 5.01 Å². The van der Waals surface area contributed by atoms with Crippen molar-refractivity contribution >= 4 is 11.4 Å². The first-order valence-electron chi connectivity index (χ1n) is 6.35. The minimum absolute atomic E-state index is 0.937. The third-order valence-corrected chi connectivity index (χ3v) is 3.46. The average Bonchev–Trinajstić information content (AvgIpc) is 2.44. The molecule has 1 aliphatic heterocycles. The number of hydrogen-bond acceptors (Lipinski definition) is 2. The lowest BCUT2D eigenvalue weighted by molar-refractivity contribution is 0.513. The minimum Gasteiger partial charge on any atom is -0.268 e. The molecule has 3 rings (SSSR count). The molecule has 19 heavy (non-hydrogen) atoms. The predicted octanol–water partition coefficient (Wildman–Crippen LogP) is 3.66. The molecule has 0 aliphatic carbocycles. The van der Waals surface area contributed by atoms with Gasteiger partial charge in [0, 0.05) is 23.7 Å². The lowest BCUT2D eigenvalue weighted by atomic mass is 9.94. The Kier molecular flexibility index (Phi) is 2.71. The van der Waals surface area contributed by atoms with Gasteiger partial charge in [-0.25, -0.2) is 0 Å². The van der Waals surface area contributed by atoms with E-state index in [1.165, 1.54) is 5.56 Å². The molecule has 0 N–H and O–H groups in total. The highest BCUT2D eigenvalue weighted by Crippen LogP contribution is 2.28. The van der Waals surface area contributed by atoms with Gasteiger partial charge >= 0.3 is 0 Å². The van der Waals surface area contributed by atoms with Crippen molar-refractivity contribution in [3.8, 4) is 0 Å². The summed E-state index contributed by atoms with van der Waals surface area (Å²) < 4.78 is 0. The first-order valence-corrected chi connectivity index (χ1v) is 6.35. The molecule has 2 aromatic carbocycles. The standard InChI is InChI=1S/C17H16N2/c1-12-8-10-14(11-9-12)17-16-7-5-4-6-15(16)13(2)19(3)18-17/h4-11H,2H2,1,3H3. The SMILES string of the molecule is C=C1c2ccccc2C(c2ccc(C)cc2)=NN1C. The molecule has 1 heterocycles. The maximum atomic E-state index is 4.65. The van der Waals surface area contributed by atoms with Crippen LogP contribution in [0.3, 0.4) is 0 Å². The molecule has 2 nitrogen and oxygen atoms in total.